The first-order valence-electron chi connectivity index (χ1n) is 5.45. The largest absolute Gasteiger partial charge is 0.459 e. The molecule has 0 saturated heterocycles. The summed E-state index contributed by atoms with van der Waals surface area (Å²) in [7, 11) is 0. The number of ether oxygens (including phenoxy) is 1. The second-order valence-electron chi connectivity index (χ2n) is 4.72. The lowest BCUT2D eigenvalue weighted by Gasteiger charge is -2.19. The SMILES string of the molecule is CC(C)(C)OC(=O)CNc1cnc(Br)cc1[N+](=O)[O-]. The summed E-state index contributed by atoms with van der Waals surface area (Å²) in [5.74, 6) is -0.496. The summed E-state index contributed by atoms with van der Waals surface area (Å²) in [6, 6.07) is 1.26. The monoisotopic (exact) mass is 331 g/mol. The van der Waals surface area contributed by atoms with Crippen LogP contribution in [0.2, 0.25) is 0 Å². The summed E-state index contributed by atoms with van der Waals surface area (Å²) in [5, 5.41) is 13.5. The molecule has 1 aromatic rings. The molecule has 7 nitrogen and oxygen atoms in total. The van der Waals surface area contributed by atoms with Crippen LogP contribution in [0.15, 0.2) is 16.9 Å². The van der Waals surface area contributed by atoms with Gasteiger partial charge in [0.25, 0.3) is 5.69 Å². The summed E-state index contributed by atoms with van der Waals surface area (Å²) < 4.78 is 5.43. The summed E-state index contributed by atoms with van der Waals surface area (Å²) in [5.41, 5.74) is -0.590. The molecular formula is C11H14BrN3O4. The third-order valence-corrected chi connectivity index (χ3v) is 2.32. The first-order valence-corrected chi connectivity index (χ1v) is 6.24. The Labute approximate surface area is 118 Å². The van der Waals surface area contributed by atoms with E-state index in [4.69, 9.17) is 4.74 Å². The van der Waals surface area contributed by atoms with Crippen LogP contribution in [0.25, 0.3) is 0 Å². The molecule has 0 aliphatic heterocycles. The van der Waals surface area contributed by atoms with Crippen molar-refractivity contribution in [1.29, 1.82) is 0 Å². The fraction of sp³-hybridized carbons (Fsp3) is 0.455. The minimum Gasteiger partial charge on any atom is -0.459 e. The summed E-state index contributed by atoms with van der Waals surface area (Å²) >= 11 is 3.05. The fourth-order valence-corrected chi connectivity index (χ4v) is 1.57. The molecule has 0 saturated carbocycles. The average molecular weight is 332 g/mol. The summed E-state index contributed by atoms with van der Waals surface area (Å²) in [4.78, 5) is 25.7. The van der Waals surface area contributed by atoms with Crippen LogP contribution in [0.1, 0.15) is 20.8 Å². The van der Waals surface area contributed by atoms with E-state index >= 15 is 0 Å². The van der Waals surface area contributed by atoms with Gasteiger partial charge >= 0.3 is 5.97 Å². The maximum atomic E-state index is 11.5. The van der Waals surface area contributed by atoms with Crippen LogP contribution >= 0.6 is 15.9 Å². The van der Waals surface area contributed by atoms with Crippen molar-refractivity contribution in [2.45, 2.75) is 26.4 Å². The topological polar surface area (TPSA) is 94.4 Å². The van der Waals surface area contributed by atoms with Crippen molar-refractivity contribution in [3.05, 3.63) is 27.0 Å². The zero-order valence-corrected chi connectivity index (χ0v) is 12.4. The second kappa shape index (κ2) is 5.96. The van der Waals surface area contributed by atoms with Crippen molar-refractivity contribution in [2.75, 3.05) is 11.9 Å². The van der Waals surface area contributed by atoms with Gasteiger partial charge in [0.2, 0.25) is 0 Å². The molecule has 19 heavy (non-hydrogen) atoms. The van der Waals surface area contributed by atoms with E-state index in [-0.39, 0.29) is 17.9 Å². The number of hydrogen-bond acceptors (Lipinski definition) is 6. The number of nitro groups is 1. The number of pyridine rings is 1. The number of nitrogens with zero attached hydrogens (tertiary/aromatic N) is 2. The van der Waals surface area contributed by atoms with Gasteiger partial charge in [0.05, 0.1) is 17.2 Å². The predicted molar refractivity (Wildman–Crippen MR) is 72.9 cm³/mol. The standard InChI is InChI=1S/C11H14BrN3O4/c1-11(2,3)19-10(16)6-13-7-5-14-9(12)4-8(7)15(17)18/h4-5,13H,6H2,1-3H3. The lowest BCUT2D eigenvalue weighted by atomic mass is 10.2. The maximum absolute atomic E-state index is 11.5. The van der Waals surface area contributed by atoms with Crippen molar-refractivity contribution in [3.63, 3.8) is 0 Å². The predicted octanol–water partition coefficient (Wildman–Crippen LogP) is 2.51. The molecule has 0 aromatic carbocycles. The van der Waals surface area contributed by atoms with Gasteiger partial charge in [0, 0.05) is 0 Å². The molecule has 1 aromatic heterocycles. The molecular weight excluding hydrogens is 318 g/mol. The quantitative estimate of drug-likeness (QED) is 0.394. The molecule has 8 heteroatoms. The van der Waals surface area contributed by atoms with Gasteiger partial charge < -0.3 is 10.1 Å². The molecule has 0 bridgehead atoms. The van der Waals surface area contributed by atoms with Gasteiger partial charge in [-0.1, -0.05) is 0 Å². The Morgan fingerprint density at radius 1 is 1.58 bits per heavy atom. The second-order valence-corrected chi connectivity index (χ2v) is 5.53. The zero-order valence-electron chi connectivity index (χ0n) is 10.8. The summed E-state index contributed by atoms with van der Waals surface area (Å²) in [6.07, 6.45) is 1.28. The minimum absolute atomic E-state index is 0.162. The molecule has 1 heterocycles. The van der Waals surface area contributed by atoms with Crippen LogP contribution < -0.4 is 5.32 Å². The number of esters is 1. The Balaban J connectivity index is 2.73. The number of halogens is 1. The summed E-state index contributed by atoms with van der Waals surface area (Å²) in [6.45, 7) is 5.07. The highest BCUT2D eigenvalue weighted by Crippen LogP contribution is 2.25. The van der Waals surface area contributed by atoms with Crippen LogP contribution in [0.4, 0.5) is 11.4 Å². The zero-order chi connectivity index (χ0) is 14.6. The van der Waals surface area contributed by atoms with E-state index in [9.17, 15) is 14.9 Å². The third kappa shape index (κ3) is 5.21. The van der Waals surface area contributed by atoms with Gasteiger partial charge in [-0.25, -0.2) is 4.98 Å². The lowest BCUT2D eigenvalue weighted by molar-refractivity contribution is -0.384. The molecule has 0 unspecified atom stereocenters. The van der Waals surface area contributed by atoms with Crippen LogP contribution in [0.5, 0.6) is 0 Å². The number of carbonyl (C=O) groups excluding carboxylic acids is 1. The molecule has 0 amide bonds. The molecule has 0 atom stereocenters. The normalized spacial score (nSPS) is 10.9. The van der Waals surface area contributed by atoms with Gasteiger partial charge in [-0.05, 0) is 36.7 Å². The highest BCUT2D eigenvalue weighted by molar-refractivity contribution is 9.10. The van der Waals surface area contributed by atoms with Gasteiger partial charge in [-0.2, -0.15) is 0 Å². The average Bonchev–Trinajstić information content (AvgIpc) is 2.24. The first-order chi connectivity index (χ1) is 8.69. The van der Waals surface area contributed by atoms with Crippen LogP contribution in [-0.2, 0) is 9.53 Å². The highest BCUT2D eigenvalue weighted by Gasteiger charge is 2.19. The maximum Gasteiger partial charge on any atom is 0.325 e. The van der Waals surface area contributed by atoms with E-state index in [1.165, 1.54) is 12.3 Å². The highest BCUT2D eigenvalue weighted by atomic mass is 79.9. The van der Waals surface area contributed by atoms with Gasteiger partial charge in [-0.15, -0.1) is 0 Å². The van der Waals surface area contributed by atoms with Crippen molar-refractivity contribution in [3.8, 4) is 0 Å². The number of hydrogen-bond donors (Lipinski definition) is 1. The van der Waals surface area contributed by atoms with Crippen LogP contribution in [0.3, 0.4) is 0 Å². The van der Waals surface area contributed by atoms with E-state index < -0.39 is 16.5 Å². The van der Waals surface area contributed by atoms with E-state index in [1.54, 1.807) is 20.8 Å². The number of anilines is 1. The van der Waals surface area contributed by atoms with Crippen molar-refractivity contribution in [1.82, 2.24) is 4.98 Å². The first kappa shape index (κ1) is 15.4. The van der Waals surface area contributed by atoms with Crippen LogP contribution in [0, 0.1) is 10.1 Å². The Hall–Kier alpha value is -1.70. The molecule has 0 fully saturated rings. The van der Waals surface area contributed by atoms with Crippen LogP contribution in [-0.4, -0.2) is 28.0 Å². The minimum atomic E-state index is -0.595. The Morgan fingerprint density at radius 2 is 2.21 bits per heavy atom. The fourth-order valence-electron chi connectivity index (χ4n) is 1.25. The molecule has 104 valence electrons. The molecule has 0 aliphatic rings. The van der Waals surface area contributed by atoms with Gasteiger partial charge in [0.1, 0.15) is 22.4 Å². The molecule has 1 N–H and O–H groups in total. The van der Waals surface area contributed by atoms with Gasteiger partial charge in [-0.3, -0.25) is 14.9 Å². The van der Waals surface area contributed by atoms with Crippen molar-refractivity contribution in [2.24, 2.45) is 0 Å². The Morgan fingerprint density at radius 3 is 2.74 bits per heavy atom. The Kier molecular flexibility index (Phi) is 4.82. The number of carbonyl (C=O) groups is 1. The van der Waals surface area contributed by atoms with E-state index in [1.807, 2.05) is 0 Å². The number of rotatable bonds is 4. The lowest BCUT2D eigenvalue weighted by Crippen LogP contribution is -2.28. The third-order valence-electron chi connectivity index (χ3n) is 1.89. The van der Waals surface area contributed by atoms with E-state index in [0.717, 1.165) is 0 Å². The number of nitrogens with one attached hydrogen (secondary N) is 1. The molecule has 1 rings (SSSR count). The van der Waals surface area contributed by atoms with Crippen molar-refractivity contribution < 1.29 is 14.5 Å². The molecule has 0 radical (unpaired) electrons. The molecule has 0 aliphatic carbocycles. The smallest absolute Gasteiger partial charge is 0.325 e. The van der Waals surface area contributed by atoms with Gasteiger partial charge in [0.15, 0.2) is 0 Å². The number of aromatic nitrogens is 1. The molecule has 0 spiro atoms. The van der Waals surface area contributed by atoms with Crippen molar-refractivity contribution >= 4 is 33.3 Å². The van der Waals surface area contributed by atoms with E-state index in [0.29, 0.717) is 4.60 Å². The van der Waals surface area contributed by atoms with E-state index in [2.05, 4.69) is 26.2 Å². The Bertz CT molecular complexity index is 499.